The van der Waals surface area contributed by atoms with Crippen LogP contribution < -0.4 is 4.90 Å². The van der Waals surface area contributed by atoms with E-state index in [1.165, 1.54) is 18.2 Å². The SMILES string of the molecule is CCN(CC(F)(F)F)c1ccc([N+](=O)[O-])c(I)c1. The Labute approximate surface area is 115 Å². The van der Waals surface area contributed by atoms with Crippen molar-refractivity contribution < 1.29 is 18.1 Å². The minimum atomic E-state index is -4.30. The van der Waals surface area contributed by atoms with Gasteiger partial charge >= 0.3 is 6.18 Å². The Morgan fingerprint density at radius 3 is 2.44 bits per heavy atom. The Morgan fingerprint density at radius 1 is 1.44 bits per heavy atom. The fraction of sp³-hybridized carbons (Fsp3) is 0.400. The van der Waals surface area contributed by atoms with E-state index in [4.69, 9.17) is 0 Å². The number of anilines is 1. The molecule has 0 radical (unpaired) electrons. The highest BCUT2D eigenvalue weighted by atomic mass is 127. The maximum absolute atomic E-state index is 12.3. The molecular formula is C10H10F3IN2O2. The van der Waals surface area contributed by atoms with E-state index >= 15 is 0 Å². The molecule has 4 nitrogen and oxygen atoms in total. The van der Waals surface area contributed by atoms with E-state index in [2.05, 4.69) is 0 Å². The third kappa shape index (κ3) is 4.00. The van der Waals surface area contributed by atoms with Crippen LogP contribution in [0.5, 0.6) is 0 Å². The van der Waals surface area contributed by atoms with Crippen molar-refractivity contribution in [3.05, 3.63) is 31.9 Å². The number of hydrogen-bond acceptors (Lipinski definition) is 3. The average molecular weight is 374 g/mol. The molecule has 0 fully saturated rings. The third-order valence-electron chi connectivity index (χ3n) is 2.24. The standard InChI is InChI=1S/C10H10F3IN2O2/c1-2-15(6-10(11,12)13)7-3-4-9(16(17)18)8(14)5-7/h3-5H,2,6H2,1H3. The van der Waals surface area contributed by atoms with Crippen LogP contribution in [0.1, 0.15) is 6.92 Å². The van der Waals surface area contributed by atoms with Crippen LogP contribution in [0.25, 0.3) is 0 Å². The van der Waals surface area contributed by atoms with Gasteiger partial charge in [0.1, 0.15) is 6.54 Å². The first-order valence-corrected chi connectivity index (χ1v) is 6.08. The Hall–Kier alpha value is -1.06. The highest BCUT2D eigenvalue weighted by molar-refractivity contribution is 14.1. The van der Waals surface area contributed by atoms with Crippen molar-refractivity contribution in [2.75, 3.05) is 18.0 Å². The van der Waals surface area contributed by atoms with Gasteiger partial charge in [-0.1, -0.05) is 0 Å². The fourth-order valence-corrected chi connectivity index (χ4v) is 2.14. The first kappa shape index (κ1) is 15.0. The number of hydrogen-bond donors (Lipinski definition) is 0. The lowest BCUT2D eigenvalue weighted by Gasteiger charge is -2.24. The van der Waals surface area contributed by atoms with Gasteiger partial charge in [0.2, 0.25) is 0 Å². The number of rotatable bonds is 4. The topological polar surface area (TPSA) is 46.4 Å². The summed E-state index contributed by atoms with van der Waals surface area (Å²) in [4.78, 5) is 11.2. The van der Waals surface area contributed by atoms with Crippen molar-refractivity contribution >= 4 is 34.0 Å². The van der Waals surface area contributed by atoms with Crippen LogP contribution in [0.4, 0.5) is 24.5 Å². The highest BCUT2D eigenvalue weighted by Gasteiger charge is 2.30. The quantitative estimate of drug-likeness (QED) is 0.460. The van der Waals surface area contributed by atoms with Crippen LogP contribution in [-0.2, 0) is 0 Å². The molecule has 0 aliphatic carbocycles. The Balaban J connectivity index is 3.01. The monoisotopic (exact) mass is 374 g/mol. The van der Waals surface area contributed by atoms with Crippen molar-refractivity contribution in [3.8, 4) is 0 Å². The third-order valence-corrected chi connectivity index (χ3v) is 3.11. The lowest BCUT2D eigenvalue weighted by Crippen LogP contribution is -2.34. The van der Waals surface area contributed by atoms with Gasteiger partial charge in [0, 0.05) is 18.3 Å². The van der Waals surface area contributed by atoms with Gasteiger partial charge in [-0.15, -0.1) is 0 Å². The van der Waals surface area contributed by atoms with Crippen LogP contribution in [0.3, 0.4) is 0 Å². The molecule has 0 saturated heterocycles. The number of nitrogens with zero attached hydrogens (tertiary/aromatic N) is 2. The summed E-state index contributed by atoms with van der Waals surface area (Å²) < 4.78 is 37.3. The lowest BCUT2D eigenvalue weighted by atomic mass is 10.2. The van der Waals surface area contributed by atoms with E-state index in [9.17, 15) is 23.3 Å². The molecule has 1 aromatic carbocycles. The largest absolute Gasteiger partial charge is 0.405 e. The van der Waals surface area contributed by atoms with Gasteiger partial charge in [0.25, 0.3) is 5.69 Å². The van der Waals surface area contributed by atoms with Gasteiger partial charge < -0.3 is 4.90 Å². The summed E-state index contributed by atoms with van der Waals surface area (Å²) in [7, 11) is 0. The zero-order valence-electron chi connectivity index (χ0n) is 9.37. The molecule has 0 N–H and O–H groups in total. The van der Waals surface area contributed by atoms with E-state index in [1.807, 2.05) is 0 Å². The molecule has 0 heterocycles. The zero-order valence-corrected chi connectivity index (χ0v) is 11.5. The summed E-state index contributed by atoms with van der Waals surface area (Å²) in [5, 5.41) is 10.6. The second-order valence-corrected chi connectivity index (χ2v) is 4.68. The molecule has 100 valence electrons. The van der Waals surface area contributed by atoms with Gasteiger partial charge in [-0.3, -0.25) is 10.1 Å². The van der Waals surface area contributed by atoms with Crippen molar-refractivity contribution in [2.24, 2.45) is 0 Å². The molecule has 0 aromatic heterocycles. The summed E-state index contributed by atoms with van der Waals surface area (Å²) in [6, 6.07) is 3.93. The minimum Gasteiger partial charge on any atom is -0.363 e. The van der Waals surface area contributed by atoms with Crippen molar-refractivity contribution in [1.82, 2.24) is 0 Å². The minimum absolute atomic E-state index is 0.109. The van der Waals surface area contributed by atoms with Crippen LogP contribution in [0.2, 0.25) is 0 Å². The summed E-state index contributed by atoms with van der Waals surface area (Å²) in [5.41, 5.74) is 0.215. The molecule has 1 aromatic rings. The predicted molar refractivity (Wildman–Crippen MR) is 69.8 cm³/mol. The first-order valence-electron chi connectivity index (χ1n) is 5.00. The number of halogens is 4. The van der Waals surface area contributed by atoms with Gasteiger partial charge in [-0.05, 0) is 41.6 Å². The van der Waals surface area contributed by atoms with Gasteiger partial charge in [-0.25, -0.2) is 0 Å². The van der Waals surface area contributed by atoms with Crippen molar-refractivity contribution in [3.63, 3.8) is 0 Å². The smallest absolute Gasteiger partial charge is 0.363 e. The lowest BCUT2D eigenvalue weighted by molar-refractivity contribution is -0.385. The molecule has 0 amide bonds. The molecule has 0 unspecified atom stereocenters. The van der Waals surface area contributed by atoms with Crippen LogP contribution >= 0.6 is 22.6 Å². The first-order chi connectivity index (χ1) is 8.24. The molecule has 18 heavy (non-hydrogen) atoms. The predicted octanol–water partition coefficient (Wildman–Crippen LogP) is 3.59. The van der Waals surface area contributed by atoms with Gasteiger partial charge in [0.15, 0.2) is 0 Å². The fourth-order valence-electron chi connectivity index (χ4n) is 1.44. The maximum Gasteiger partial charge on any atom is 0.405 e. The van der Waals surface area contributed by atoms with Gasteiger partial charge in [-0.2, -0.15) is 13.2 Å². The molecule has 0 saturated carbocycles. The molecule has 1 rings (SSSR count). The summed E-state index contributed by atoms with van der Waals surface area (Å²) in [5.74, 6) is 0. The molecule has 0 bridgehead atoms. The number of alkyl halides is 3. The van der Waals surface area contributed by atoms with E-state index in [1.54, 1.807) is 29.5 Å². The number of nitro groups is 1. The van der Waals surface area contributed by atoms with E-state index in [-0.39, 0.29) is 12.2 Å². The summed E-state index contributed by atoms with van der Waals surface area (Å²) in [6.45, 7) is 0.699. The average Bonchev–Trinajstić information content (AvgIpc) is 2.24. The van der Waals surface area contributed by atoms with Crippen molar-refractivity contribution in [1.29, 1.82) is 0 Å². The Kier molecular flexibility index (Phi) is 4.77. The maximum atomic E-state index is 12.3. The molecule has 0 aliphatic heterocycles. The molecular weight excluding hydrogens is 364 g/mol. The van der Waals surface area contributed by atoms with E-state index in [0.29, 0.717) is 9.26 Å². The molecule has 8 heteroatoms. The second-order valence-electron chi connectivity index (χ2n) is 3.52. The number of nitro benzene ring substituents is 1. The molecule has 0 aliphatic rings. The van der Waals surface area contributed by atoms with E-state index < -0.39 is 17.6 Å². The van der Waals surface area contributed by atoms with Crippen molar-refractivity contribution in [2.45, 2.75) is 13.1 Å². The van der Waals surface area contributed by atoms with Crippen LogP contribution in [-0.4, -0.2) is 24.2 Å². The summed E-state index contributed by atoms with van der Waals surface area (Å²) >= 11 is 1.74. The van der Waals surface area contributed by atoms with Crippen LogP contribution in [0, 0.1) is 13.7 Å². The molecule has 0 spiro atoms. The second kappa shape index (κ2) is 5.72. The van der Waals surface area contributed by atoms with Gasteiger partial charge in [0.05, 0.1) is 8.49 Å². The number of benzene rings is 1. The summed E-state index contributed by atoms with van der Waals surface area (Å²) in [6.07, 6.45) is -4.30. The van der Waals surface area contributed by atoms with E-state index in [0.717, 1.165) is 4.90 Å². The Morgan fingerprint density at radius 2 is 2.06 bits per heavy atom. The normalized spacial score (nSPS) is 11.4. The van der Waals surface area contributed by atoms with Crippen LogP contribution in [0.15, 0.2) is 18.2 Å². The highest BCUT2D eigenvalue weighted by Crippen LogP contribution is 2.28. The Bertz CT molecular complexity index is 451. The zero-order chi connectivity index (χ0) is 13.9. The molecule has 0 atom stereocenters.